The van der Waals surface area contributed by atoms with Gasteiger partial charge in [-0.15, -0.1) is 0 Å². The maximum Gasteiger partial charge on any atom is 0.175 e. The van der Waals surface area contributed by atoms with Gasteiger partial charge < -0.3 is 9.13 Å². The quantitative estimate of drug-likeness (QED) is 0.598. The molecule has 0 N–H and O–H groups in total. The lowest BCUT2D eigenvalue weighted by molar-refractivity contribution is 0.102. The molecule has 2 aliphatic rings. The lowest BCUT2D eigenvalue weighted by Crippen LogP contribution is -2.06. The molecule has 0 radical (unpaired) electrons. The number of hydrogen-bond acceptors (Lipinski definition) is 3. The fourth-order valence-electron chi connectivity index (χ4n) is 3.20. The zero-order chi connectivity index (χ0) is 15.3. The minimum absolute atomic E-state index is 0.218. The van der Waals surface area contributed by atoms with Crippen LogP contribution in [-0.2, 0) is 0 Å². The van der Waals surface area contributed by atoms with Crippen molar-refractivity contribution in [2.45, 2.75) is 56.8 Å². The van der Waals surface area contributed by atoms with Crippen molar-refractivity contribution in [2.75, 3.05) is 5.75 Å². The maximum absolute atomic E-state index is 12.6. The third-order valence-electron chi connectivity index (χ3n) is 4.60. The van der Waals surface area contributed by atoms with Gasteiger partial charge in [-0.05, 0) is 45.6 Å². The summed E-state index contributed by atoms with van der Waals surface area (Å²) < 4.78 is 4.55. The first-order valence-electron chi connectivity index (χ1n) is 8.02. The minimum Gasteiger partial charge on any atom is -0.345 e. The molecule has 2 aliphatic carbocycles. The summed E-state index contributed by atoms with van der Waals surface area (Å²) in [4.78, 5) is 17.0. The first kappa shape index (κ1) is 14.1. The van der Waals surface area contributed by atoms with Gasteiger partial charge in [-0.2, -0.15) is 0 Å². The van der Waals surface area contributed by atoms with Crippen LogP contribution in [0.3, 0.4) is 0 Å². The maximum atomic E-state index is 12.6. The van der Waals surface area contributed by atoms with Gasteiger partial charge in [0.25, 0.3) is 0 Å². The van der Waals surface area contributed by atoms with Crippen molar-refractivity contribution in [3.05, 3.63) is 35.4 Å². The Hall–Kier alpha value is -1.49. The first-order valence-corrected chi connectivity index (χ1v) is 9.01. The van der Waals surface area contributed by atoms with Crippen molar-refractivity contribution in [1.82, 2.24) is 14.1 Å². The summed E-state index contributed by atoms with van der Waals surface area (Å²) in [5.41, 5.74) is 3.24. The number of rotatable bonds is 6. The van der Waals surface area contributed by atoms with Gasteiger partial charge in [-0.3, -0.25) is 4.79 Å². The Kier molecular flexibility index (Phi) is 3.40. The Morgan fingerprint density at radius 1 is 1.27 bits per heavy atom. The molecule has 0 aromatic carbocycles. The molecule has 0 spiro atoms. The van der Waals surface area contributed by atoms with Crippen LogP contribution in [0.5, 0.6) is 0 Å². The lowest BCUT2D eigenvalue weighted by atomic mass is 10.2. The summed E-state index contributed by atoms with van der Waals surface area (Å²) in [7, 11) is 0. The molecule has 0 amide bonds. The van der Waals surface area contributed by atoms with Gasteiger partial charge in [0.1, 0.15) is 0 Å². The van der Waals surface area contributed by atoms with Crippen LogP contribution in [0.25, 0.3) is 0 Å². The highest BCUT2D eigenvalue weighted by Crippen LogP contribution is 2.39. The molecule has 0 unspecified atom stereocenters. The molecule has 2 aromatic heterocycles. The second-order valence-corrected chi connectivity index (χ2v) is 7.39. The van der Waals surface area contributed by atoms with Crippen molar-refractivity contribution >= 4 is 17.5 Å². The molecule has 5 heteroatoms. The van der Waals surface area contributed by atoms with Crippen molar-refractivity contribution in [3.63, 3.8) is 0 Å². The molecule has 2 saturated carbocycles. The molecule has 4 nitrogen and oxygen atoms in total. The average Bonchev–Trinajstić information content (AvgIpc) is 3.42. The molecule has 4 rings (SSSR count). The van der Waals surface area contributed by atoms with E-state index in [1.165, 1.54) is 31.4 Å². The predicted octanol–water partition coefficient (Wildman–Crippen LogP) is 3.95. The highest BCUT2D eigenvalue weighted by atomic mass is 32.2. The van der Waals surface area contributed by atoms with E-state index in [-0.39, 0.29) is 5.78 Å². The van der Waals surface area contributed by atoms with E-state index in [1.54, 1.807) is 11.8 Å². The largest absolute Gasteiger partial charge is 0.345 e. The number of Topliss-reactive ketones (excluding diaryl/α,β-unsaturated/α-hetero) is 1. The summed E-state index contributed by atoms with van der Waals surface area (Å²) in [6, 6.07) is 3.30. The van der Waals surface area contributed by atoms with Gasteiger partial charge in [0.15, 0.2) is 10.9 Å². The number of aromatic nitrogens is 3. The van der Waals surface area contributed by atoms with Crippen LogP contribution in [0, 0.1) is 13.8 Å². The van der Waals surface area contributed by atoms with Crippen LogP contribution < -0.4 is 0 Å². The highest BCUT2D eigenvalue weighted by molar-refractivity contribution is 7.99. The number of hydrogen-bond donors (Lipinski definition) is 0. The number of thioether (sulfide) groups is 1. The summed E-state index contributed by atoms with van der Waals surface area (Å²) in [6.07, 6.45) is 8.84. The number of imidazole rings is 1. The van der Waals surface area contributed by atoms with E-state index < -0.39 is 0 Å². The summed E-state index contributed by atoms with van der Waals surface area (Å²) in [5.74, 6) is 0.689. The number of ketones is 1. The molecular formula is C17H21N3OS. The van der Waals surface area contributed by atoms with Crippen molar-refractivity contribution in [3.8, 4) is 0 Å². The van der Waals surface area contributed by atoms with Gasteiger partial charge in [0, 0.05) is 41.4 Å². The number of nitrogens with zero attached hydrogens (tertiary/aromatic N) is 3. The van der Waals surface area contributed by atoms with Crippen molar-refractivity contribution in [1.29, 1.82) is 0 Å². The Morgan fingerprint density at radius 3 is 2.68 bits per heavy atom. The number of carbonyl (C=O) groups excluding carboxylic acids is 1. The van der Waals surface area contributed by atoms with Gasteiger partial charge in [-0.25, -0.2) is 4.98 Å². The average molecular weight is 315 g/mol. The second-order valence-electron chi connectivity index (χ2n) is 6.45. The van der Waals surface area contributed by atoms with E-state index in [4.69, 9.17) is 0 Å². The van der Waals surface area contributed by atoms with Crippen LogP contribution >= 0.6 is 11.8 Å². The van der Waals surface area contributed by atoms with E-state index in [9.17, 15) is 4.79 Å². The molecule has 2 aromatic rings. The van der Waals surface area contributed by atoms with Crippen molar-refractivity contribution in [2.24, 2.45) is 0 Å². The molecule has 0 saturated heterocycles. The van der Waals surface area contributed by atoms with Crippen LogP contribution in [0.4, 0.5) is 0 Å². The fraction of sp³-hybridized carbons (Fsp3) is 0.529. The van der Waals surface area contributed by atoms with E-state index in [0.717, 1.165) is 16.4 Å². The molecule has 0 atom stereocenters. The normalized spacial score (nSPS) is 17.9. The molecule has 0 bridgehead atoms. The summed E-state index contributed by atoms with van der Waals surface area (Å²) >= 11 is 1.57. The second kappa shape index (κ2) is 5.30. The van der Waals surface area contributed by atoms with Crippen LogP contribution in [0.2, 0.25) is 0 Å². The van der Waals surface area contributed by atoms with E-state index in [1.807, 2.05) is 12.4 Å². The van der Waals surface area contributed by atoms with Crippen molar-refractivity contribution < 1.29 is 4.79 Å². The third-order valence-corrected chi connectivity index (χ3v) is 5.58. The Labute approximate surface area is 134 Å². The Balaban J connectivity index is 1.48. The Bertz CT molecular complexity index is 722. The van der Waals surface area contributed by atoms with Crippen LogP contribution in [0.15, 0.2) is 23.6 Å². The summed E-state index contributed by atoms with van der Waals surface area (Å²) in [6.45, 7) is 4.18. The van der Waals surface area contributed by atoms with Gasteiger partial charge in [0.2, 0.25) is 0 Å². The van der Waals surface area contributed by atoms with E-state index in [0.29, 0.717) is 17.8 Å². The van der Waals surface area contributed by atoms with Crippen LogP contribution in [-0.4, -0.2) is 25.7 Å². The number of aryl methyl sites for hydroxylation is 1. The monoisotopic (exact) mass is 315 g/mol. The molecule has 116 valence electrons. The summed E-state index contributed by atoms with van der Waals surface area (Å²) in [5, 5.41) is 0.979. The van der Waals surface area contributed by atoms with E-state index in [2.05, 4.69) is 34.0 Å². The molecule has 2 fully saturated rings. The van der Waals surface area contributed by atoms with Gasteiger partial charge in [0.05, 0.1) is 5.75 Å². The topological polar surface area (TPSA) is 39.8 Å². The molecule has 2 heterocycles. The molecule has 0 aliphatic heterocycles. The predicted molar refractivity (Wildman–Crippen MR) is 87.7 cm³/mol. The fourth-order valence-corrected chi connectivity index (χ4v) is 4.11. The van der Waals surface area contributed by atoms with E-state index >= 15 is 0 Å². The standard InChI is InChI=1S/C17H21N3OS/c1-11-9-15(12(2)20(11)14-5-6-14)16(21)10-22-17-18-7-8-19(17)13-3-4-13/h7-9,13-14H,3-6,10H2,1-2H3. The molecule has 22 heavy (non-hydrogen) atoms. The molecular weight excluding hydrogens is 294 g/mol. The number of carbonyl (C=O) groups is 1. The Morgan fingerprint density at radius 2 is 2.00 bits per heavy atom. The first-order chi connectivity index (χ1) is 10.6. The minimum atomic E-state index is 0.218. The van der Waals surface area contributed by atoms with Crippen LogP contribution in [0.1, 0.15) is 59.5 Å². The SMILES string of the molecule is Cc1cc(C(=O)CSc2nccn2C2CC2)c(C)n1C1CC1. The lowest BCUT2D eigenvalue weighted by Gasteiger charge is -2.08. The highest BCUT2D eigenvalue weighted by Gasteiger charge is 2.29. The third kappa shape index (κ3) is 2.51. The smallest absolute Gasteiger partial charge is 0.175 e. The zero-order valence-electron chi connectivity index (χ0n) is 13.1. The van der Waals surface area contributed by atoms with Gasteiger partial charge in [-0.1, -0.05) is 11.8 Å². The zero-order valence-corrected chi connectivity index (χ0v) is 13.9. The van der Waals surface area contributed by atoms with Gasteiger partial charge >= 0.3 is 0 Å².